The minimum atomic E-state index is -0.718. The highest BCUT2D eigenvalue weighted by molar-refractivity contribution is 7.14. The number of benzene rings is 1. The van der Waals surface area contributed by atoms with Gasteiger partial charge in [0, 0.05) is 10.9 Å². The van der Waals surface area contributed by atoms with E-state index >= 15 is 0 Å². The molecule has 0 radical (unpaired) electrons. The fourth-order valence-electron chi connectivity index (χ4n) is 2.14. The molecular formula is C18H17N3O3S. The summed E-state index contributed by atoms with van der Waals surface area (Å²) in [5.74, 6) is -0.618. The third-order valence-corrected chi connectivity index (χ3v) is 4.33. The number of furan rings is 1. The van der Waals surface area contributed by atoms with E-state index in [-0.39, 0.29) is 11.7 Å². The fourth-order valence-corrected chi connectivity index (χ4v) is 2.87. The van der Waals surface area contributed by atoms with E-state index in [1.165, 1.54) is 29.2 Å². The molecule has 0 bridgehead atoms. The third kappa shape index (κ3) is 4.13. The number of hydrogen-bond donors (Lipinski definition) is 2. The lowest BCUT2D eigenvalue weighted by atomic mass is 10.1. The van der Waals surface area contributed by atoms with E-state index in [0.717, 1.165) is 11.3 Å². The lowest BCUT2D eigenvalue weighted by Gasteiger charge is -2.11. The molecule has 0 spiro atoms. The number of anilines is 1. The number of aromatic nitrogens is 1. The number of nitrogens with zero attached hydrogens (tertiary/aromatic N) is 1. The minimum Gasteiger partial charge on any atom is -0.459 e. The van der Waals surface area contributed by atoms with E-state index in [2.05, 4.69) is 15.6 Å². The molecule has 2 heterocycles. The van der Waals surface area contributed by atoms with Crippen molar-refractivity contribution in [1.29, 1.82) is 0 Å². The summed E-state index contributed by atoms with van der Waals surface area (Å²) in [4.78, 5) is 28.5. The van der Waals surface area contributed by atoms with Crippen LogP contribution in [0.15, 0.2) is 52.5 Å². The van der Waals surface area contributed by atoms with Crippen LogP contribution in [0.3, 0.4) is 0 Å². The molecule has 2 N–H and O–H groups in total. The molecule has 1 aromatic carbocycles. The maximum atomic E-state index is 12.2. The van der Waals surface area contributed by atoms with Gasteiger partial charge in [-0.05, 0) is 26.0 Å². The summed E-state index contributed by atoms with van der Waals surface area (Å²) in [6.45, 7) is 3.62. The first-order valence-electron chi connectivity index (χ1n) is 7.71. The van der Waals surface area contributed by atoms with Gasteiger partial charge in [0.15, 0.2) is 10.9 Å². The Hall–Kier alpha value is -2.93. The largest absolute Gasteiger partial charge is 0.459 e. The van der Waals surface area contributed by atoms with Crippen molar-refractivity contribution in [3.63, 3.8) is 0 Å². The Bertz CT molecular complexity index is 869. The van der Waals surface area contributed by atoms with Crippen LogP contribution in [0.1, 0.15) is 23.0 Å². The number of nitrogens with one attached hydrogen (secondary N) is 2. The number of carbonyl (C=O) groups excluding carboxylic acids is 2. The molecule has 1 unspecified atom stereocenters. The zero-order valence-corrected chi connectivity index (χ0v) is 14.6. The predicted octanol–water partition coefficient (Wildman–Crippen LogP) is 3.47. The highest BCUT2D eigenvalue weighted by Gasteiger charge is 2.19. The molecular weight excluding hydrogens is 338 g/mol. The predicted molar refractivity (Wildman–Crippen MR) is 96.6 cm³/mol. The quantitative estimate of drug-likeness (QED) is 0.734. The number of aryl methyl sites for hydroxylation is 1. The van der Waals surface area contributed by atoms with E-state index in [4.69, 9.17) is 4.42 Å². The molecule has 25 heavy (non-hydrogen) atoms. The lowest BCUT2D eigenvalue weighted by Crippen LogP contribution is -2.41. The van der Waals surface area contributed by atoms with Crippen molar-refractivity contribution in [2.24, 2.45) is 0 Å². The summed E-state index contributed by atoms with van der Waals surface area (Å²) in [6, 6.07) is 10.4. The second-order valence-corrected chi connectivity index (χ2v) is 6.42. The molecule has 2 amide bonds. The molecule has 3 rings (SSSR count). The van der Waals surface area contributed by atoms with Gasteiger partial charge in [-0.15, -0.1) is 11.3 Å². The first-order chi connectivity index (χ1) is 12.0. The van der Waals surface area contributed by atoms with Crippen molar-refractivity contribution in [2.75, 3.05) is 5.32 Å². The summed E-state index contributed by atoms with van der Waals surface area (Å²) in [6.07, 6.45) is 1.40. The molecule has 3 aromatic rings. The Morgan fingerprint density at radius 1 is 1.20 bits per heavy atom. The summed E-state index contributed by atoms with van der Waals surface area (Å²) >= 11 is 1.34. The van der Waals surface area contributed by atoms with E-state index < -0.39 is 11.9 Å². The first-order valence-corrected chi connectivity index (χ1v) is 8.58. The molecule has 0 saturated carbocycles. The Morgan fingerprint density at radius 2 is 1.96 bits per heavy atom. The van der Waals surface area contributed by atoms with Crippen LogP contribution < -0.4 is 10.6 Å². The maximum Gasteiger partial charge on any atom is 0.287 e. The second kappa shape index (κ2) is 7.31. The van der Waals surface area contributed by atoms with Crippen molar-refractivity contribution in [3.05, 3.63) is 59.4 Å². The van der Waals surface area contributed by atoms with Crippen LogP contribution >= 0.6 is 11.3 Å². The summed E-state index contributed by atoms with van der Waals surface area (Å²) in [5.41, 5.74) is 2.96. The van der Waals surface area contributed by atoms with Crippen LogP contribution in [-0.4, -0.2) is 22.8 Å². The average Bonchev–Trinajstić information content (AvgIpc) is 3.27. The Balaban J connectivity index is 1.61. The van der Waals surface area contributed by atoms with Crippen LogP contribution in [0.5, 0.6) is 0 Å². The molecule has 2 aromatic heterocycles. The normalized spacial score (nSPS) is 11.8. The number of thiazole rings is 1. The summed E-state index contributed by atoms with van der Waals surface area (Å²) < 4.78 is 5.00. The van der Waals surface area contributed by atoms with Gasteiger partial charge in [-0.25, -0.2) is 4.98 Å². The maximum absolute atomic E-state index is 12.2. The van der Waals surface area contributed by atoms with E-state index in [1.54, 1.807) is 13.0 Å². The van der Waals surface area contributed by atoms with Crippen LogP contribution in [-0.2, 0) is 4.79 Å². The van der Waals surface area contributed by atoms with Gasteiger partial charge < -0.3 is 15.1 Å². The van der Waals surface area contributed by atoms with Crippen molar-refractivity contribution in [1.82, 2.24) is 10.3 Å². The fraction of sp³-hybridized carbons (Fsp3) is 0.167. The van der Waals surface area contributed by atoms with Crippen molar-refractivity contribution >= 4 is 28.3 Å². The Labute approximate surface area is 148 Å². The zero-order valence-electron chi connectivity index (χ0n) is 13.8. The molecule has 128 valence electrons. The summed E-state index contributed by atoms with van der Waals surface area (Å²) in [7, 11) is 0. The van der Waals surface area contributed by atoms with Gasteiger partial charge in [-0.3, -0.25) is 9.59 Å². The zero-order chi connectivity index (χ0) is 17.8. The Kier molecular flexibility index (Phi) is 4.95. The molecule has 0 aliphatic heterocycles. The highest BCUT2D eigenvalue weighted by atomic mass is 32.1. The molecule has 0 aliphatic carbocycles. The Morgan fingerprint density at radius 3 is 2.64 bits per heavy atom. The van der Waals surface area contributed by atoms with E-state index in [1.807, 2.05) is 36.6 Å². The standard InChI is InChI=1S/C18H17N3O3S/c1-11-5-7-13(8-6-11)14-10-25-18(20-14)21-16(22)12(2)19-17(23)15-4-3-9-24-15/h3-10,12H,1-2H3,(H,19,23)(H,20,21,22). The molecule has 0 fully saturated rings. The molecule has 1 atom stereocenters. The van der Waals surface area contributed by atoms with E-state index in [0.29, 0.717) is 5.13 Å². The topological polar surface area (TPSA) is 84.2 Å². The number of rotatable bonds is 5. The molecule has 7 heteroatoms. The van der Waals surface area contributed by atoms with Gasteiger partial charge in [0.1, 0.15) is 6.04 Å². The van der Waals surface area contributed by atoms with Gasteiger partial charge >= 0.3 is 0 Å². The monoisotopic (exact) mass is 355 g/mol. The lowest BCUT2D eigenvalue weighted by molar-refractivity contribution is -0.117. The number of amides is 2. The van der Waals surface area contributed by atoms with Gasteiger partial charge in [0.2, 0.25) is 5.91 Å². The third-order valence-electron chi connectivity index (χ3n) is 3.57. The molecule has 0 aliphatic rings. The van der Waals surface area contributed by atoms with Gasteiger partial charge in [-0.1, -0.05) is 29.8 Å². The van der Waals surface area contributed by atoms with Crippen molar-refractivity contribution in [2.45, 2.75) is 19.9 Å². The highest BCUT2D eigenvalue weighted by Crippen LogP contribution is 2.25. The number of hydrogen-bond acceptors (Lipinski definition) is 5. The van der Waals surface area contributed by atoms with Gasteiger partial charge in [-0.2, -0.15) is 0 Å². The van der Waals surface area contributed by atoms with Crippen molar-refractivity contribution < 1.29 is 14.0 Å². The average molecular weight is 355 g/mol. The molecule has 6 nitrogen and oxygen atoms in total. The number of carbonyl (C=O) groups is 2. The van der Waals surface area contributed by atoms with Crippen LogP contribution in [0.2, 0.25) is 0 Å². The smallest absolute Gasteiger partial charge is 0.287 e. The minimum absolute atomic E-state index is 0.163. The van der Waals surface area contributed by atoms with Crippen LogP contribution in [0, 0.1) is 6.92 Å². The van der Waals surface area contributed by atoms with E-state index in [9.17, 15) is 9.59 Å². The van der Waals surface area contributed by atoms with Crippen molar-refractivity contribution in [3.8, 4) is 11.3 Å². The molecule has 0 saturated heterocycles. The van der Waals surface area contributed by atoms with Gasteiger partial charge in [0.25, 0.3) is 5.91 Å². The van der Waals surface area contributed by atoms with Gasteiger partial charge in [0.05, 0.1) is 12.0 Å². The first kappa shape index (κ1) is 16.9. The van der Waals surface area contributed by atoms with Crippen LogP contribution in [0.25, 0.3) is 11.3 Å². The van der Waals surface area contributed by atoms with Crippen LogP contribution in [0.4, 0.5) is 5.13 Å². The SMILES string of the molecule is Cc1ccc(-c2csc(NC(=O)C(C)NC(=O)c3ccco3)n2)cc1. The summed E-state index contributed by atoms with van der Waals surface area (Å²) in [5, 5.41) is 7.66. The second-order valence-electron chi connectivity index (χ2n) is 5.57.